The maximum atomic E-state index is 11.8. The predicted octanol–water partition coefficient (Wildman–Crippen LogP) is 0.740. The van der Waals surface area contributed by atoms with E-state index in [9.17, 15) is 4.79 Å². The molecule has 0 aromatic carbocycles. The largest absolute Gasteiger partial charge is 0.355 e. The number of nitrogens with zero attached hydrogens (tertiary/aromatic N) is 1. The summed E-state index contributed by atoms with van der Waals surface area (Å²) in [5.74, 6) is 0.340. The van der Waals surface area contributed by atoms with Crippen molar-refractivity contribution in [2.75, 3.05) is 19.6 Å². The van der Waals surface area contributed by atoms with Gasteiger partial charge < -0.3 is 10.6 Å². The van der Waals surface area contributed by atoms with E-state index in [4.69, 9.17) is 0 Å². The molecule has 4 heteroatoms. The Morgan fingerprint density at radius 1 is 1.47 bits per heavy atom. The van der Waals surface area contributed by atoms with Crippen molar-refractivity contribution in [2.45, 2.75) is 19.3 Å². The van der Waals surface area contributed by atoms with E-state index in [2.05, 4.69) is 15.6 Å². The summed E-state index contributed by atoms with van der Waals surface area (Å²) in [4.78, 5) is 15.8. The molecule has 4 nitrogen and oxygen atoms in total. The molecule has 0 spiro atoms. The standard InChI is InChI=1S/C13H19N3O/c17-13(12-2-1-6-15-10-12)16-9-5-11-3-7-14-8-4-11/h3-4,7-8,12,15H,1-2,5-6,9-10H2,(H,16,17). The van der Waals surface area contributed by atoms with Crippen molar-refractivity contribution in [3.63, 3.8) is 0 Å². The van der Waals surface area contributed by atoms with Gasteiger partial charge >= 0.3 is 0 Å². The van der Waals surface area contributed by atoms with Crippen molar-refractivity contribution < 1.29 is 4.79 Å². The van der Waals surface area contributed by atoms with Gasteiger partial charge in [0.25, 0.3) is 0 Å². The molecule has 0 radical (unpaired) electrons. The van der Waals surface area contributed by atoms with Crippen LogP contribution in [0.1, 0.15) is 18.4 Å². The zero-order valence-electron chi connectivity index (χ0n) is 9.98. The van der Waals surface area contributed by atoms with E-state index < -0.39 is 0 Å². The Kier molecular flexibility index (Phi) is 4.50. The molecule has 92 valence electrons. The highest BCUT2D eigenvalue weighted by Gasteiger charge is 2.19. The molecule has 0 saturated carbocycles. The Labute approximate surface area is 102 Å². The number of carbonyl (C=O) groups excluding carboxylic acids is 1. The minimum atomic E-state index is 0.154. The average Bonchev–Trinajstić information content (AvgIpc) is 2.41. The van der Waals surface area contributed by atoms with E-state index in [1.54, 1.807) is 12.4 Å². The van der Waals surface area contributed by atoms with Crippen LogP contribution < -0.4 is 10.6 Å². The zero-order valence-corrected chi connectivity index (χ0v) is 9.98. The fourth-order valence-electron chi connectivity index (χ4n) is 2.10. The molecule has 1 atom stereocenters. The second kappa shape index (κ2) is 6.35. The molecule has 1 aliphatic heterocycles. The van der Waals surface area contributed by atoms with Crippen molar-refractivity contribution in [1.82, 2.24) is 15.6 Å². The van der Waals surface area contributed by atoms with Crippen LogP contribution in [-0.4, -0.2) is 30.5 Å². The van der Waals surface area contributed by atoms with Crippen LogP contribution in [-0.2, 0) is 11.2 Å². The summed E-state index contributed by atoms with van der Waals surface area (Å²) >= 11 is 0. The molecule has 17 heavy (non-hydrogen) atoms. The Morgan fingerprint density at radius 3 is 3.00 bits per heavy atom. The summed E-state index contributed by atoms with van der Waals surface area (Å²) < 4.78 is 0. The summed E-state index contributed by atoms with van der Waals surface area (Å²) in [7, 11) is 0. The number of nitrogens with one attached hydrogen (secondary N) is 2. The lowest BCUT2D eigenvalue weighted by atomic mass is 9.99. The van der Waals surface area contributed by atoms with Crippen LogP contribution in [0.15, 0.2) is 24.5 Å². The van der Waals surface area contributed by atoms with Crippen molar-refractivity contribution >= 4 is 5.91 Å². The quantitative estimate of drug-likeness (QED) is 0.806. The first-order chi connectivity index (χ1) is 8.36. The predicted molar refractivity (Wildman–Crippen MR) is 66.5 cm³/mol. The monoisotopic (exact) mass is 233 g/mol. The number of hydrogen-bond donors (Lipinski definition) is 2. The van der Waals surface area contributed by atoms with Crippen molar-refractivity contribution in [3.05, 3.63) is 30.1 Å². The number of aromatic nitrogens is 1. The molecular weight excluding hydrogens is 214 g/mol. The average molecular weight is 233 g/mol. The van der Waals surface area contributed by atoms with Gasteiger partial charge in [-0.25, -0.2) is 0 Å². The van der Waals surface area contributed by atoms with Gasteiger partial charge in [-0.3, -0.25) is 9.78 Å². The maximum Gasteiger partial charge on any atom is 0.224 e. The lowest BCUT2D eigenvalue weighted by molar-refractivity contribution is -0.125. The number of rotatable bonds is 4. The first-order valence-corrected chi connectivity index (χ1v) is 6.23. The third-order valence-electron chi connectivity index (χ3n) is 3.13. The molecule has 0 bridgehead atoms. The smallest absolute Gasteiger partial charge is 0.224 e. The molecule has 2 heterocycles. The highest BCUT2D eigenvalue weighted by Crippen LogP contribution is 2.09. The maximum absolute atomic E-state index is 11.8. The van der Waals surface area contributed by atoms with Gasteiger partial charge in [-0.05, 0) is 43.5 Å². The van der Waals surface area contributed by atoms with Crippen LogP contribution >= 0.6 is 0 Å². The van der Waals surface area contributed by atoms with Gasteiger partial charge in [-0.1, -0.05) is 0 Å². The second-order valence-corrected chi connectivity index (χ2v) is 4.44. The van der Waals surface area contributed by atoms with E-state index >= 15 is 0 Å². The van der Waals surface area contributed by atoms with E-state index in [0.29, 0.717) is 6.54 Å². The molecule has 1 fully saturated rings. The lowest BCUT2D eigenvalue weighted by Crippen LogP contribution is -2.41. The van der Waals surface area contributed by atoms with E-state index in [-0.39, 0.29) is 11.8 Å². The number of hydrogen-bond acceptors (Lipinski definition) is 3. The van der Waals surface area contributed by atoms with E-state index in [1.165, 1.54) is 5.56 Å². The number of carbonyl (C=O) groups is 1. The fraction of sp³-hybridized carbons (Fsp3) is 0.538. The molecule has 2 N–H and O–H groups in total. The van der Waals surface area contributed by atoms with Crippen molar-refractivity contribution in [2.24, 2.45) is 5.92 Å². The molecule has 1 aromatic heterocycles. The summed E-state index contributed by atoms with van der Waals surface area (Å²) in [6, 6.07) is 3.96. The summed E-state index contributed by atoms with van der Waals surface area (Å²) in [5.41, 5.74) is 1.21. The van der Waals surface area contributed by atoms with Gasteiger partial charge in [0, 0.05) is 25.5 Å². The molecule has 0 aliphatic carbocycles. The van der Waals surface area contributed by atoms with Crippen molar-refractivity contribution in [1.29, 1.82) is 0 Å². The molecule has 1 aliphatic rings. The minimum Gasteiger partial charge on any atom is -0.355 e. The van der Waals surface area contributed by atoms with Crippen LogP contribution in [0.5, 0.6) is 0 Å². The Balaban J connectivity index is 1.69. The Morgan fingerprint density at radius 2 is 2.29 bits per heavy atom. The molecule has 2 rings (SSSR count). The third kappa shape index (κ3) is 3.82. The van der Waals surface area contributed by atoms with Gasteiger partial charge in [-0.15, -0.1) is 0 Å². The van der Waals surface area contributed by atoms with Crippen LogP contribution in [0.4, 0.5) is 0 Å². The normalized spacial score (nSPS) is 19.9. The lowest BCUT2D eigenvalue weighted by Gasteiger charge is -2.21. The highest BCUT2D eigenvalue weighted by atomic mass is 16.1. The molecule has 1 unspecified atom stereocenters. The Bertz CT molecular complexity index is 347. The van der Waals surface area contributed by atoms with Gasteiger partial charge in [-0.2, -0.15) is 0 Å². The molecule has 1 aromatic rings. The van der Waals surface area contributed by atoms with Crippen LogP contribution in [0.2, 0.25) is 0 Å². The first kappa shape index (κ1) is 12.0. The SMILES string of the molecule is O=C(NCCc1ccncc1)C1CCCNC1. The van der Waals surface area contributed by atoms with Crippen LogP contribution in [0.25, 0.3) is 0 Å². The summed E-state index contributed by atoms with van der Waals surface area (Å²) in [5, 5.41) is 6.26. The summed E-state index contributed by atoms with van der Waals surface area (Å²) in [6.45, 7) is 2.57. The second-order valence-electron chi connectivity index (χ2n) is 4.44. The molecular formula is C13H19N3O. The third-order valence-corrected chi connectivity index (χ3v) is 3.13. The van der Waals surface area contributed by atoms with Gasteiger partial charge in [0.05, 0.1) is 5.92 Å². The van der Waals surface area contributed by atoms with Gasteiger partial charge in [0.15, 0.2) is 0 Å². The first-order valence-electron chi connectivity index (χ1n) is 6.23. The molecule has 1 amide bonds. The fourth-order valence-corrected chi connectivity index (χ4v) is 2.10. The Hall–Kier alpha value is -1.42. The topological polar surface area (TPSA) is 54.0 Å². The van der Waals surface area contributed by atoms with Gasteiger partial charge in [0.2, 0.25) is 5.91 Å². The minimum absolute atomic E-state index is 0.154. The number of pyridine rings is 1. The number of amides is 1. The van der Waals surface area contributed by atoms with Crippen LogP contribution in [0.3, 0.4) is 0 Å². The highest BCUT2D eigenvalue weighted by molar-refractivity contribution is 5.78. The van der Waals surface area contributed by atoms with E-state index in [1.807, 2.05) is 12.1 Å². The van der Waals surface area contributed by atoms with Crippen molar-refractivity contribution in [3.8, 4) is 0 Å². The number of piperidine rings is 1. The zero-order chi connectivity index (χ0) is 11.9. The van der Waals surface area contributed by atoms with Gasteiger partial charge in [0.1, 0.15) is 0 Å². The summed E-state index contributed by atoms with van der Waals surface area (Å²) in [6.07, 6.45) is 6.54. The molecule has 1 saturated heterocycles. The van der Waals surface area contributed by atoms with Crippen LogP contribution in [0, 0.1) is 5.92 Å². The van der Waals surface area contributed by atoms with E-state index in [0.717, 1.165) is 32.4 Å².